The summed E-state index contributed by atoms with van der Waals surface area (Å²) in [4.78, 5) is 23.7. The van der Waals surface area contributed by atoms with E-state index in [1.807, 2.05) is 30.3 Å². The topological polar surface area (TPSA) is 76.6 Å². The molecule has 1 fully saturated rings. The van der Waals surface area contributed by atoms with Crippen LogP contribution in [0.2, 0.25) is 0 Å². The Labute approximate surface area is 167 Å². The number of anilines is 2. The van der Waals surface area contributed by atoms with Crippen molar-refractivity contribution in [2.45, 2.75) is 0 Å². The first-order chi connectivity index (χ1) is 13.7. The summed E-state index contributed by atoms with van der Waals surface area (Å²) in [6, 6.07) is 11.2. The number of hydrogen-bond acceptors (Lipinski definition) is 7. The van der Waals surface area contributed by atoms with E-state index in [4.69, 9.17) is 9.47 Å². The molecule has 4 rings (SSSR count). The molecule has 1 saturated heterocycles. The number of pyridine rings is 1. The molecule has 28 heavy (non-hydrogen) atoms. The maximum Gasteiger partial charge on any atom is 0.275 e. The van der Waals surface area contributed by atoms with Crippen molar-refractivity contribution in [1.82, 2.24) is 9.97 Å². The molecule has 2 aromatic heterocycles. The molecule has 1 amide bonds. The number of aromatic nitrogens is 2. The lowest BCUT2D eigenvalue weighted by Gasteiger charge is -2.27. The third-order valence-electron chi connectivity index (χ3n) is 4.39. The van der Waals surface area contributed by atoms with Gasteiger partial charge in [0.1, 0.15) is 22.3 Å². The molecule has 144 valence electrons. The predicted octanol–water partition coefficient (Wildman–Crippen LogP) is 3.30. The molecule has 1 aromatic carbocycles. The third-order valence-corrected chi connectivity index (χ3v) is 5.29. The first kappa shape index (κ1) is 18.4. The van der Waals surface area contributed by atoms with Crippen LogP contribution < -0.4 is 15.0 Å². The second-order valence-corrected chi connectivity index (χ2v) is 7.09. The quantitative estimate of drug-likeness (QED) is 0.713. The van der Waals surface area contributed by atoms with Gasteiger partial charge in [0.25, 0.3) is 5.91 Å². The van der Waals surface area contributed by atoms with E-state index in [0.717, 1.165) is 42.7 Å². The Hall–Kier alpha value is -2.97. The van der Waals surface area contributed by atoms with Crippen LogP contribution in [0.1, 0.15) is 10.5 Å². The number of nitrogens with zero attached hydrogens (tertiary/aromatic N) is 3. The fourth-order valence-corrected chi connectivity index (χ4v) is 3.69. The number of nitrogens with one attached hydrogen (secondary N) is 1. The average Bonchev–Trinajstić information content (AvgIpc) is 3.25. The summed E-state index contributed by atoms with van der Waals surface area (Å²) in [6.07, 6.45) is 1.80. The first-order valence-corrected chi connectivity index (χ1v) is 9.81. The Morgan fingerprint density at radius 1 is 1.25 bits per heavy atom. The summed E-state index contributed by atoms with van der Waals surface area (Å²) in [5.41, 5.74) is 1.93. The van der Waals surface area contributed by atoms with Crippen LogP contribution in [0.5, 0.6) is 5.75 Å². The van der Waals surface area contributed by atoms with Gasteiger partial charge in [-0.05, 0) is 24.3 Å². The van der Waals surface area contributed by atoms with E-state index in [0.29, 0.717) is 17.1 Å². The van der Waals surface area contributed by atoms with Gasteiger partial charge in [0.2, 0.25) is 0 Å². The highest BCUT2D eigenvalue weighted by molar-refractivity contribution is 7.13. The smallest absolute Gasteiger partial charge is 0.275 e. The second-order valence-electron chi connectivity index (χ2n) is 6.23. The van der Waals surface area contributed by atoms with Crippen molar-refractivity contribution in [2.75, 3.05) is 43.6 Å². The summed E-state index contributed by atoms with van der Waals surface area (Å²) in [6.45, 7) is 3.14. The van der Waals surface area contributed by atoms with Crippen LogP contribution in [0.15, 0.2) is 48.0 Å². The van der Waals surface area contributed by atoms with Gasteiger partial charge in [-0.3, -0.25) is 4.79 Å². The standard InChI is InChI=1S/C20H20N4O3S/c1-26-16-4-2-3-15(11-16)22-19(25)17-13-28-20(23-17)14-5-6-18(21-12-14)24-7-9-27-10-8-24/h2-6,11-13H,7-10H2,1H3,(H,22,25). The summed E-state index contributed by atoms with van der Waals surface area (Å²) < 4.78 is 10.5. The molecule has 0 spiro atoms. The van der Waals surface area contributed by atoms with Gasteiger partial charge in [-0.2, -0.15) is 0 Å². The lowest BCUT2D eigenvalue weighted by molar-refractivity contribution is 0.102. The van der Waals surface area contributed by atoms with Crippen molar-refractivity contribution in [2.24, 2.45) is 0 Å². The average molecular weight is 396 g/mol. The number of ether oxygens (including phenoxy) is 2. The van der Waals surface area contributed by atoms with E-state index in [1.54, 1.807) is 24.8 Å². The molecule has 0 bridgehead atoms. The predicted molar refractivity (Wildman–Crippen MR) is 109 cm³/mol. The number of amides is 1. The number of benzene rings is 1. The number of methoxy groups -OCH3 is 1. The van der Waals surface area contributed by atoms with Gasteiger partial charge in [-0.15, -0.1) is 11.3 Å². The van der Waals surface area contributed by atoms with Crippen LogP contribution in [-0.4, -0.2) is 49.3 Å². The molecule has 1 aliphatic heterocycles. The van der Waals surface area contributed by atoms with E-state index in [-0.39, 0.29) is 5.91 Å². The van der Waals surface area contributed by atoms with Gasteiger partial charge in [-0.25, -0.2) is 9.97 Å². The number of carbonyl (C=O) groups is 1. The largest absolute Gasteiger partial charge is 0.497 e. The van der Waals surface area contributed by atoms with Gasteiger partial charge in [0.15, 0.2) is 0 Å². The number of morpholine rings is 1. The molecule has 1 N–H and O–H groups in total. The number of thiazole rings is 1. The Kier molecular flexibility index (Phi) is 5.50. The van der Waals surface area contributed by atoms with Gasteiger partial charge in [0, 0.05) is 42.0 Å². The van der Waals surface area contributed by atoms with Gasteiger partial charge in [-0.1, -0.05) is 6.07 Å². The van der Waals surface area contributed by atoms with Gasteiger partial charge in [0.05, 0.1) is 20.3 Å². The molecule has 7 nitrogen and oxygen atoms in total. The maximum atomic E-state index is 12.5. The lowest BCUT2D eigenvalue weighted by atomic mass is 10.2. The molecule has 0 unspecified atom stereocenters. The van der Waals surface area contributed by atoms with Crippen molar-refractivity contribution in [3.63, 3.8) is 0 Å². The van der Waals surface area contributed by atoms with Crippen molar-refractivity contribution in [1.29, 1.82) is 0 Å². The number of carbonyl (C=O) groups excluding carboxylic acids is 1. The highest BCUT2D eigenvalue weighted by Crippen LogP contribution is 2.25. The zero-order chi connectivity index (χ0) is 19.3. The molecule has 1 aliphatic rings. The first-order valence-electron chi connectivity index (χ1n) is 8.93. The highest BCUT2D eigenvalue weighted by atomic mass is 32.1. The molecule has 0 radical (unpaired) electrons. The van der Waals surface area contributed by atoms with Crippen LogP contribution in [0.3, 0.4) is 0 Å². The maximum absolute atomic E-state index is 12.5. The normalized spacial score (nSPS) is 14.0. The summed E-state index contributed by atoms with van der Waals surface area (Å²) in [5.74, 6) is 1.36. The minimum atomic E-state index is -0.256. The minimum absolute atomic E-state index is 0.256. The minimum Gasteiger partial charge on any atom is -0.497 e. The summed E-state index contributed by atoms with van der Waals surface area (Å²) in [7, 11) is 1.59. The number of rotatable bonds is 5. The van der Waals surface area contributed by atoms with Crippen molar-refractivity contribution >= 4 is 28.7 Å². The zero-order valence-corrected chi connectivity index (χ0v) is 16.2. The van der Waals surface area contributed by atoms with E-state index < -0.39 is 0 Å². The van der Waals surface area contributed by atoms with E-state index in [2.05, 4.69) is 20.2 Å². The Morgan fingerprint density at radius 2 is 2.11 bits per heavy atom. The lowest BCUT2D eigenvalue weighted by Crippen LogP contribution is -2.36. The number of hydrogen-bond donors (Lipinski definition) is 1. The SMILES string of the molecule is COc1cccc(NC(=O)c2csc(-c3ccc(N4CCOCC4)nc3)n2)c1. The second kappa shape index (κ2) is 8.37. The van der Waals surface area contributed by atoms with Crippen LogP contribution in [0.4, 0.5) is 11.5 Å². The van der Waals surface area contributed by atoms with E-state index >= 15 is 0 Å². The van der Waals surface area contributed by atoms with Crippen LogP contribution in [-0.2, 0) is 4.74 Å². The van der Waals surface area contributed by atoms with Crippen molar-refractivity contribution in [3.05, 3.63) is 53.7 Å². The van der Waals surface area contributed by atoms with Crippen LogP contribution in [0, 0.1) is 0 Å². The van der Waals surface area contributed by atoms with Crippen LogP contribution >= 0.6 is 11.3 Å². The molecule has 3 aromatic rings. The Morgan fingerprint density at radius 3 is 2.86 bits per heavy atom. The van der Waals surface area contributed by atoms with E-state index in [9.17, 15) is 4.79 Å². The molecule has 0 saturated carbocycles. The summed E-state index contributed by atoms with van der Waals surface area (Å²) >= 11 is 1.42. The van der Waals surface area contributed by atoms with Crippen molar-refractivity contribution < 1.29 is 14.3 Å². The van der Waals surface area contributed by atoms with Gasteiger partial charge >= 0.3 is 0 Å². The zero-order valence-electron chi connectivity index (χ0n) is 15.4. The molecular weight excluding hydrogens is 376 g/mol. The fraction of sp³-hybridized carbons (Fsp3) is 0.250. The molecule has 3 heterocycles. The fourth-order valence-electron chi connectivity index (χ4n) is 2.90. The van der Waals surface area contributed by atoms with Gasteiger partial charge < -0.3 is 19.7 Å². The monoisotopic (exact) mass is 396 g/mol. The van der Waals surface area contributed by atoms with Crippen LogP contribution in [0.25, 0.3) is 10.6 Å². The molecule has 8 heteroatoms. The molecule has 0 aliphatic carbocycles. The molecule has 0 atom stereocenters. The van der Waals surface area contributed by atoms with Crippen molar-refractivity contribution in [3.8, 4) is 16.3 Å². The Balaban J connectivity index is 1.45. The third kappa shape index (κ3) is 4.13. The highest BCUT2D eigenvalue weighted by Gasteiger charge is 2.15. The molecular formula is C20H20N4O3S. The van der Waals surface area contributed by atoms with E-state index in [1.165, 1.54) is 11.3 Å². The summed E-state index contributed by atoms with van der Waals surface area (Å²) in [5, 5.41) is 5.35. The Bertz CT molecular complexity index is 952.